The summed E-state index contributed by atoms with van der Waals surface area (Å²) < 4.78 is 5.61. The van der Waals surface area contributed by atoms with E-state index in [9.17, 15) is 0 Å². The molecular formula is C15H20N2O. The molecule has 3 heteroatoms. The zero-order chi connectivity index (χ0) is 13.2. The number of rotatable bonds is 4. The number of hydrogen-bond acceptors (Lipinski definition) is 3. The van der Waals surface area contributed by atoms with Gasteiger partial charge in [-0.25, -0.2) is 0 Å². The summed E-state index contributed by atoms with van der Waals surface area (Å²) in [6.45, 7) is 4.15. The topological polar surface area (TPSA) is 48.1 Å². The Morgan fingerprint density at radius 1 is 1.39 bits per heavy atom. The van der Waals surface area contributed by atoms with Crippen LogP contribution in [0.15, 0.2) is 36.7 Å². The molecule has 0 bridgehead atoms. The molecule has 1 aromatic heterocycles. The van der Waals surface area contributed by atoms with Gasteiger partial charge in [-0.3, -0.25) is 4.98 Å². The SMILES string of the molecule is CCC(C)(OC)C(N)c1cccc2cnccc12. The maximum Gasteiger partial charge on any atom is 0.0840 e. The molecule has 18 heavy (non-hydrogen) atoms. The number of hydrogen-bond donors (Lipinski definition) is 1. The van der Waals surface area contributed by atoms with Gasteiger partial charge in [0.1, 0.15) is 0 Å². The molecule has 0 aliphatic carbocycles. The normalized spacial score (nSPS) is 16.4. The van der Waals surface area contributed by atoms with Crippen molar-refractivity contribution in [2.45, 2.75) is 31.9 Å². The second-order valence-corrected chi connectivity index (χ2v) is 4.79. The van der Waals surface area contributed by atoms with E-state index in [0.717, 1.165) is 22.8 Å². The monoisotopic (exact) mass is 244 g/mol. The minimum absolute atomic E-state index is 0.154. The molecule has 3 nitrogen and oxygen atoms in total. The lowest BCUT2D eigenvalue weighted by molar-refractivity contribution is -0.0191. The molecule has 0 saturated carbocycles. The zero-order valence-electron chi connectivity index (χ0n) is 11.2. The van der Waals surface area contributed by atoms with E-state index in [4.69, 9.17) is 10.5 Å². The number of ether oxygens (including phenoxy) is 1. The molecule has 0 aliphatic heterocycles. The molecule has 2 N–H and O–H groups in total. The molecule has 2 rings (SSSR count). The van der Waals surface area contributed by atoms with Gasteiger partial charge in [0.05, 0.1) is 11.6 Å². The van der Waals surface area contributed by atoms with E-state index in [0.29, 0.717) is 0 Å². The smallest absolute Gasteiger partial charge is 0.0840 e. The average Bonchev–Trinajstić information content (AvgIpc) is 2.45. The lowest BCUT2D eigenvalue weighted by Gasteiger charge is -2.34. The zero-order valence-corrected chi connectivity index (χ0v) is 11.2. The van der Waals surface area contributed by atoms with Crippen molar-refractivity contribution in [3.8, 4) is 0 Å². The molecule has 1 aromatic carbocycles. The van der Waals surface area contributed by atoms with Crippen LogP contribution in [0.5, 0.6) is 0 Å². The van der Waals surface area contributed by atoms with Crippen LogP contribution in [0.3, 0.4) is 0 Å². The van der Waals surface area contributed by atoms with Crippen LogP contribution in [0, 0.1) is 0 Å². The van der Waals surface area contributed by atoms with Gasteiger partial charge < -0.3 is 10.5 Å². The molecule has 2 unspecified atom stereocenters. The van der Waals surface area contributed by atoms with Crippen LogP contribution in [0.4, 0.5) is 0 Å². The van der Waals surface area contributed by atoms with Crippen LogP contribution in [0.2, 0.25) is 0 Å². The highest BCUT2D eigenvalue weighted by molar-refractivity contribution is 5.85. The van der Waals surface area contributed by atoms with Crippen LogP contribution in [0.25, 0.3) is 10.8 Å². The van der Waals surface area contributed by atoms with E-state index in [1.54, 1.807) is 13.3 Å². The van der Waals surface area contributed by atoms with Crippen molar-refractivity contribution in [1.82, 2.24) is 4.98 Å². The van der Waals surface area contributed by atoms with Gasteiger partial charge in [0.2, 0.25) is 0 Å². The summed E-state index contributed by atoms with van der Waals surface area (Å²) in [6.07, 6.45) is 4.53. The first-order valence-corrected chi connectivity index (χ1v) is 6.25. The molecule has 0 fully saturated rings. The Hall–Kier alpha value is -1.45. The molecular weight excluding hydrogens is 224 g/mol. The van der Waals surface area contributed by atoms with E-state index < -0.39 is 0 Å². The van der Waals surface area contributed by atoms with Gasteiger partial charge in [-0.15, -0.1) is 0 Å². The van der Waals surface area contributed by atoms with Gasteiger partial charge in [0, 0.05) is 24.9 Å². The van der Waals surface area contributed by atoms with Crippen LogP contribution >= 0.6 is 0 Å². The molecule has 0 radical (unpaired) electrons. The van der Waals surface area contributed by atoms with Gasteiger partial charge in [-0.1, -0.05) is 25.1 Å². The van der Waals surface area contributed by atoms with E-state index in [-0.39, 0.29) is 11.6 Å². The Balaban J connectivity index is 2.54. The predicted octanol–water partition coefficient (Wildman–Crippen LogP) is 3.05. The molecule has 0 aliphatic rings. The third-order valence-corrected chi connectivity index (χ3v) is 3.88. The summed E-state index contributed by atoms with van der Waals surface area (Å²) in [7, 11) is 1.72. The summed E-state index contributed by atoms with van der Waals surface area (Å²) in [6, 6.07) is 7.99. The Morgan fingerprint density at radius 3 is 2.83 bits per heavy atom. The first kappa shape index (κ1) is 13.0. The predicted molar refractivity (Wildman–Crippen MR) is 74.4 cm³/mol. The number of nitrogens with zero attached hydrogens (tertiary/aromatic N) is 1. The Morgan fingerprint density at radius 2 is 2.17 bits per heavy atom. The molecule has 96 valence electrons. The Kier molecular flexibility index (Phi) is 3.64. The highest BCUT2D eigenvalue weighted by Gasteiger charge is 2.31. The third kappa shape index (κ3) is 2.11. The van der Waals surface area contributed by atoms with Crippen LogP contribution < -0.4 is 5.73 Å². The lowest BCUT2D eigenvalue weighted by Crippen LogP contribution is -2.39. The molecule has 0 saturated heterocycles. The van der Waals surface area contributed by atoms with E-state index in [1.807, 2.05) is 18.3 Å². The van der Waals surface area contributed by atoms with Crippen molar-refractivity contribution in [1.29, 1.82) is 0 Å². The van der Waals surface area contributed by atoms with Crippen LogP contribution in [0.1, 0.15) is 31.9 Å². The molecule has 0 amide bonds. The third-order valence-electron chi connectivity index (χ3n) is 3.88. The minimum Gasteiger partial charge on any atom is -0.377 e. The quantitative estimate of drug-likeness (QED) is 0.899. The molecule has 2 aromatic rings. The summed E-state index contributed by atoms with van der Waals surface area (Å²) in [5, 5.41) is 2.26. The van der Waals surface area contributed by atoms with Gasteiger partial charge in [-0.2, -0.15) is 0 Å². The molecule has 1 heterocycles. The van der Waals surface area contributed by atoms with Gasteiger partial charge in [0.15, 0.2) is 0 Å². The summed E-state index contributed by atoms with van der Waals surface area (Å²) in [4.78, 5) is 4.14. The highest BCUT2D eigenvalue weighted by Crippen LogP contribution is 2.33. The fourth-order valence-corrected chi connectivity index (χ4v) is 2.24. The van der Waals surface area contributed by atoms with E-state index in [1.165, 1.54) is 0 Å². The Labute approximate surface area is 108 Å². The van der Waals surface area contributed by atoms with Gasteiger partial charge in [-0.05, 0) is 30.4 Å². The first-order chi connectivity index (χ1) is 8.62. The summed E-state index contributed by atoms with van der Waals surface area (Å²) in [5.41, 5.74) is 7.18. The number of fused-ring (bicyclic) bond motifs is 1. The van der Waals surface area contributed by atoms with E-state index in [2.05, 4.69) is 31.0 Å². The second-order valence-electron chi connectivity index (χ2n) is 4.79. The number of methoxy groups -OCH3 is 1. The number of pyridine rings is 1. The second kappa shape index (κ2) is 5.04. The number of nitrogens with two attached hydrogens (primary N) is 1. The molecule has 0 spiro atoms. The fraction of sp³-hybridized carbons (Fsp3) is 0.400. The Bertz CT molecular complexity index is 530. The maximum atomic E-state index is 6.42. The van der Waals surface area contributed by atoms with Gasteiger partial charge in [0.25, 0.3) is 0 Å². The van der Waals surface area contributed by atoms with Crippen molar-refractivity contribution in [2.75, 3.05) is 7.11 Å². The highest BCUT2D eigenvalue weighted by atomic mass is 16.5. The van der Waals surface area contributed by atoms with Crippen molar-refractivity contribution in [3.05, 3.63) is 42.2 Å². The van der Waals surface area contributed by atoms with Crippen LogP contribution in [-0.2, 0) is 4.74 Å². The van der Waals surface area contributed by atoms with Crippen molar-refractivity contribution < 1.29 is 4.74 Å². The minimum atomic E-state index is -0.350. The summed E-state index contributed by atoms with van der Waals surface area (Å²) in [5.74, 6) is 0. The standard InChI is InChI=1S/C15H20N2O/c1-4-15(2,18-3)14(16)13-7-5-6-11-10-17-9-8-12(11)13/h5-10,14H,4,16H2,1-3H3. The van der Waals surface area contributed by atoms with Gasteiger partial charge >= 0.3 is 0 Å². The first-order valence-electron chi connectivity index (χ1n) is 6.25. The van der Waals surface area contributed by atoms with Crippen LogP contribution in [-0.4, -0.2) is 17.7 Å². The lowest BCUT2D eigenvalue weighted by atomic mass is 9.86. The number of benzene rings is 1. The van der Waals surface area contributed by atoms with Crippen molar-refractivity contribution in [3.63, 3.8) is 0 Å². The average molecular weight is 244 g/mol. The number of aromatic nitrogens is 1. The fourth-order valence-electron chi connectivity index (χ4n) is 2.24. The van der Waals surface area contributed by atoms with Crippen molar-refractivity contribution >= 4 is 10.8 Å². The maximum absolute atomic E-state index is 6.42. The molecule has 2 atom stereocenters. The largest absolute Gasteiger partial charge is 0.377 e. The summed E-state index contributed by atoms with van der Waals surface area (Å²) >= 11 is 0. The van der Waals surface area contributed by atoms with E-state index >= 15 is 0 Å². The van der Waals surface area contributed by atoms with Crippen molar-refractivity contribution in [2.24, 2.45) is 5.73 Å².